The first-order valence-electron chi connectivity index (χ1n) is 3.16. The number of benzene rings is 1. The molecule has 0 aliphatic heterocycles. The molecular formula is C8H4N2Se. The molecule has 0 aliphatic carbocycles. The van der Waals surface area contributed by atoms with E-state index in [0.29, 0.717) is 4.57 Å². The normalized spacial score (nSPS) is 9.73. The fourth-order valence-corrected chi connectivity index (χ4v) is 2.52. The molecule has 0 amide bonds. The summed E-state index contributed by atoms with van der Waals surface area (Å²) in [7, 11) is 0. The van der Waals surface area contributed by atoms with Gasteiger partial charge in [-0.25, -0.2) is 0 Å². The van der Waals surface area contributed by atoms with Crippen LogP contribution < -0.4 is 0 Å². The SMILES string of the molecule is N#Cc1nc2ccccc2[se]1. The van der Waals surface area contributed by atoms with Gasteiger partial charge in [0.15, 0.2) is 0 Å². The summed E-state index contributed by atoms with van der Waals surface area (Å²) in [5.74, 6) is 0. The molecule has 2 nitrogen and oxygen atoms in total. The summed E-state index contributed by atoms with van der Waals surface area (Å²) >= 11 is 0.158. The van der Waals surface area contributed by atoms with E-state index in [1.807, 2.05) is 24.3 Å². The van der Waals surface area contributed by atoms with E-state index in [4.69, 9.17) is 5.26 Å². The molecule has 0 N–H and O–H groups in total. The van der Waals surface area contributed by atoms with E-state index < -0.39 is 0 Å². The Kier molecular flexibility index (Phi) is 1.50. The summed E-state index contributed by atoms with van der Waals surface area (Å²) in [6.07, 6.45) is 0. The summed E-state index contributed by atoms with van der Waals surface area (Å²) in [4.78, 5) is 4.15. The van der Waals surface area contributed by atoms with Gasteiger partial charge >= 0.3 is 69.4 Å². The third-order valence-corrected chi connectivity index (χ3v) is 3.36. The summed E-state index contributed by atoms with van der Waals surface area (Å²) in [6.45, 7) is 0. The van der Waals surface area contributed by atoms with Gasteiger partial charge < -0.3 is 0 Å². The van der Waals surface area contributed by atoms with Crippen molar-refractivity contribution in [3.8, 4) is 6.07 Å². The molecule has 0 saturated carbocycles. The van der Waals surface area contributed by atoms with E-state index in [-0.39, 0.29) is 14.5 Å². The molecule has 0 radical (unpaired) electrons. The molecule has 0 bridgehead atoms. The number of aromatic nitrogens is 1. The van der Waals surface area contributed by atoms with Crippen LogP contribution in [-0.2, 0) is 0 Å². The van der Waals surface area contributed by atoms with Crippen LogP contribution in [0.25, 0.3) is 9.78 Å². The predicted molar refractivity (Wildman–Crippen MR) is 43.4 cm³/mol. The van der Waals surface area contributed by atoms with Gasteiger partial charge in [-0.05, 0) is 0 Å². The number of hydrogen-bond donors (Lipinski definition) is 0. The van der Waals surface area contributed by atoms with Crippen LogP contribution >= 0.6 is 0 Å². The summed E-state index contributed by atoms with van der Waals surface area (Å²) in [5, 5.41) is 8.57. The summed E-state index contributed by atoms with van der Waals surface area (Å²) < 4.78 is 1.90. The fraction of sp³-hybridized carbons (Fsp3) is 0. The molecule has 0 fully saturated rings. The molecule has 0 unspecified atom stereocenters. The third-order valence-electron chi connectivity index (χ3n) is 1.39. The van der Waals surface area contributed by atoms with Crippen LogP contribution in [0.3, 0.4) is 0 Å². The molecule has 0 atom stereocenters. The van der Waals surface area contributed by atoms with Crippen molar-refractivity contribution in [2.75, 3.05) is 0 Å². The Balaban J connectivity index is 2.81. The minimum atomic E-state index is 0.158. The van der Waals surface area contributed by atoms with Gasteiger partial charge in [-0.15, -0.1) is 0 Å². The van der Waals surface area contributed by atoms with E-state index in [1.54, 1.807) is 0 Å². The van der Waals surface area contributed by atoms with Crippen LogP contribution in [0.15, 0.2) is 24.3 Å². The second kappa shape index (κ2) is 2.50. The molecule has 52 valence electrons. The van der Waals surface area contributed by atoms with Crippen LogP contribution in [0.5, 0.6) is 0 Å². The van der Waals surface area contributed by atoms with Crippen LogP contribution in [0, 0.1) is 11.3 Å². The monoisotopic (exact) mass is 208 g/mol. The molecule has 1 aromatic carbocycles. The van der Waals surface area contributed by atoms with Crippen molar-refractivity contribution in [2.24, 2.45) is 0 Å². The van der Waals surface area contributed by atoms with Gasteiger partial charge in [0.25, 0.3) is 0 Å². The van der Waals surface area contributed by atoms with E-state index in [1.165, 1.54) is 4.26 Å². The Morgan fingerprint density at radius 2 is 2.18 bits per heavy atom. The third kappa shape index (κ3) is 1.07. The standard InChI is InChI=1S/C8H4N2Se/c9-5-8-10-6-3-1-2-4-7(6)11-8/h1-4H. The van der Waals surface area contributed by atoms with Crippen molar-refractivity contribution in [3.63, 3.8) is 0 Å². The summed E-state index contributed by atoms with van der Waals surface area (Å²) in [5.41, 5.74) is 0.976. The number of fused-ring (bicyclic) bond motifs is 1. The fourth-order valence-electron chi connectivity index (χ4n) is 0.920. The van der Waals surface area contributed by atoms with Gasteiger partial charge in [0, 0.05) is 0 Å². The van der Waals surface area contributed by atoms with Gasteiger partial charge in [-0.3, -0.25) is 0 Å². The Morgan fingerprint density at radius 3 is 2.91 bits per heavy atom. The first kappa shape index (κ1) is 6.60. The Morgan fingerprint density at radius 1 is 1.36 bits per heavy atom. The second-order valence-corrected chi connectivity index (χ2v) is 4.26. The molecule has 1 heterocycles. The van der Waals surface area contributed by atoms with E-state index >= 15 is 0 Å². The first-order chi connectivity index (χ1) is 5.40. The second-order valence-electron chi connectivity index (χ2n) is 2.10. The van der Waals surface area contributed by atoms with Crippen molar-refractivity contribution in [2.45, 2.75) is 0 Å². The quantitative estimate of drug-likeness (QED) is 0.608. The molecule has 11 heavy (non-hydrogen) atoms. The van der Waals surface area contributed by atoms with Crippen LogP contribution in [-0.4, -0.2) is 19.5 Å². The van der Waals surface area contributed by atoms with Crippen LogP contribution in [0.4, 0.5) is 0 Å². The molecule has 1 aromatic heterocycles. The van der Waals surface area contributed by atoms with Crippen LogP contribution in [0.2, 0.25) is 0 Å². The molecule has 2 aromatic rings. The maximum atomic E-state index is 8.57. The Bertz CT molecular complexity index is 392. The summed E-state index contributed by atoms with van der Waals surface area (Å²) in [6, 6.07) is 9.99. The Hall–Kier alpha value is -1.10. The average Bonchev–Trinajstić information content (AvgIpc) is 2.46. The number of nitriles is 1. The topological polar surface area (TPSA) is 36.7 Å². The molecule has 2 rings (SSSR count). The first-order valence-corrected chi connectivity index (χ1v) is 4.87. The molecule has 0 saturated heterocycles. The van der Waals surface area contributed by atoms with Crippen molar-refractivity contribution in [1.82, 2.24) is 4.98 Å². The zero-order chi connectivity index (χ0) is 7.68. The van der Waals surface area contributed by atoms with Gasteiger partial charge in [0.05, 0.1) is 0 Å². The van der Waals surface area contributed by atoms with Crippen LogP contribution in [0.1, 0.15) is 4.57 Å². The number of nitrogens with zero attached hydrogens (tertiary/aromatic N) is 2. The predicted octanol–water partition coefficient (Wildman–Crippen LogP) is 1.16. The van der Waals surface area contributed by atoms with Crippen molar-refractivity contribution in [3.05, 3.63) is 28.8 Å². The van der Waals surface area contributed by atoms with Gasteiger partial charge in [0.1, 0.15) is 0 Å². The Labute approximate surface area is 69.8 Å². The van der Waals surface area contributed by atoms with Crippen molar-refractivity contribution < 1.29 is 0 Å². The van der Waals surface area contributed by atoms with Gasteiger partial charge in [0.2, 0.25) is 0 Å². The van der Waals surface area contributed by atoms with E-state index in [0.717, 1.165) is 5.52 Å². The number of hydrogen-bond acceptors (Lipinski definition) is 2. The van der Waals surface area contributed by atoms with Crippen molar-refractivity contribution in [1.29, 1.82) is 5.26 Å². The number of para-hydroxylation sites is 1. The van der Waals surface area contributed by atoms with Gasteiger partial charge in [-0.2, -0.15) is 0 Å². The van der Waals surface area contributed by atoms with E-state index in [2.05, 4.69) is 11.1 Å². The minimum absolute atomic E-state index is 0.158. The zero-order valence-corrected chi connectivity index (χ0v) is 7.33. The van der Waals surface area contributed by atoms with E-state index in [9.17, 15) is 0 Å². The van der Waals surface area contributed by atoms with Gasteiger partial charge in [-0.1, -0.05) is 0 Å². The zero-order valence-electron chi connectivity index (χ0n) is 5.61. The molecule has 0 spiro atoms. The van der Waals surface area contributed by atoms with Crippen molar-refractivity contribution >= 4 is 24.3 Å². The molecule has 3 heteroatoms. The molecule has 0 aliphatic rings. The molecular weight excluding hydrogens is 203 g/mol. The average molecular weight is 207 g/mol. The maximum absolute atomic E-state index is 8.57. The number of rotatable bonds is 0.